The molecule has 0 amide bonds. The normalized spacial score (nSPS) is 13.3. The molecule has 12 heavy (non-hydrogen) atoms. The van der Waals surface area contributed by atoms with Crippen LogP contribution >= 0.6 is 0 Å². The Balaban J connectivity index is 2.89. The van der Waals surface area contributed by atoms with Crippen LogP contribution < -0.4 is 11.3 Å². The van der Waals surface area contributed by atoms with Crippen molar-refractivity contribution in [1.29, 1.82) is 0 Å². The van der Waals surface area contributed by atoms with E-state index in [-0.39, 0.29) is 11.6 Å². The SMILES string of the molecule is CC(C)C(N)c1ccc(=O)[nH]c1. The number of hydrogen-bond donors (Lipinski definition) is 2. The van der Waals surface area contributed by atoms with Crippen molar-refractivity contribution in [3.05, 3.63) is 34.2 Å². The van der Waals surface area contributed by atoms with Crippen LogP contribution in [-0.4, -0.2) is 4.98 Å². The summed E-state index contributed by atoms with van der Waals surface area (Å²) in [5.41, 5.74) is 6.75. The molecule has 0 aliphatic carbocycles. The molecule has 3 N–H and O–H groups in total. The smallest absolute Gasteiger partial charge is 0.247 e. The van der Waals surface area contributed by atoms with Gasteiger partial charge in [-0.1, -0.05) is 19.9 Å². The Labute approximate surface area is 71.6 Å². The van der Waals surface area contributed by atoms with Gasteiger partial charge in [0.1, 0.15) is 0 Å². The third-order valence-electron chi connectivity index (χ3n) is 1.91. The monoisotopic (exact) mass is 166 g/mol. The van der Waals surface area contributed by atoms with Crippen molar-refractivity contribution in [2.45, 2.75) is 19.9 Å². The van der Waals surface area contributed by atoms with Gasteiger partial charge in [0, 0.05) is 18.3 Å². The second-order valence-corrected chi connectivity index (χ2v) is 3.26. The highest BCUT2D eigenvalue weighted by atomic mass is 16.1. The molecular weight excluding hydrogens is 152 g/mol. The topological polar surface area (TPSA) is 58.9 Å². The maximum atomic E-state index is 10.7. The van der Waals surface area contributed by atoms with Crippen LogP contribution in [0.5, 0.6) is 0 Å². The lowest BCUT2D eigenvalue weighted by molar-refractivity contribution is 0.513. The zero-order chi connectivity index (χ0) is 9.14. The van der Waals surface area contributed by atoms with E-state index in [4.69, 9.17) is 5.73 Å². The second-order valence-electron chi connectivity index (χ2n) is 3.26. The van der Waals surface area contributed by atoms with Gasteiger partial charge in [0.25, 0.3) is 0 Å². The highest BCUT2D eigenvalue weighted by molar-refractivity contribution is 5.13. The minimum atomic E-state index is -0.0882. The molecule has 0 saturated heterocycles. The van der Waals surface area contributed by atoms with Gasteiger partial charge >= 0.3 is 0 Å². The molecule has 1 aromatic heterocycles. The standard InChI is InChI=1S/C9H14N2O/c1-6(2)9(10)7-3-4-8(12)11-5-7/h3-6,9H,10H2,1-2H3,(H,11,12). The molecule has 0 aliphatic rings. The molecule has 0 saturated carbocycles. The van der Waals surface area contributed by atoms with E-state index in [9.17, 15) is 4.79 Å². The van der Waals surface area contributed by atoms with E-state index in [0.717, 1.165) is 5.56 Å². The first kappa shape index (κ1) is 9.00. The number of H-pyrrole nitrogens is 1. The third-order valence-corrected chi connectivity index (χ3v) is 1.91. The average molecular weight is 166 g/mol. The van der Waals surface area contributed by atoms with Crippen LogP contribution in [0.25, 0.3) is 0 Å². The van der Waals surface area contributed by atoms with Gasteiger partial charge in [0.15, 0.2) is 0 Å². The van der Waals surface area contributed by atoms with E-state index in [1.165, 1.54) is 6.07 Å². The Kier molecular flexibility index (Phi) is 2.65. The summed E-state index contributed by atoms with van der Waals surface area (Å²) in [6.07, 6.45) is 1.67. The molecule has 3 heteroatoms. The van der Waals surface area contributed by atoms with Crippen LogP contribution in [-0.2, 0) is 0 Å². The largest absolute Gasteiger partial charge is 0.329 e. The maximum absolute atomic E-state index is 10.7. The van der Waals surface area contributed by atoms with Crippen molar-refractivity contribution in [2.75, 3.05) is 0 Å². The summed E-state index contributed by atoms with van der Waals surface area (Å²) < 4.78 is 0. The Morgan fingerprint density at radius 3 is 2.50 bits per heavy atom. The molecular formula is C9H14N2O. The van der Waals surface area contributed by atoms with Crippen molar-refractivity contribution < 1.29 is 0 Å². The van der Waals surface area contributed by atoms with Crippen molar-refractivity contribution >= 4 is 0 Å². The van der Waals surface area contributed by atoms with Crippen LogP contribution in [0.1, 0.15) is 25.5 Å². The van der Waals surface area contributed by atoms with Crippen molar-refractivity contribution in [3.63, 3.8) is 0 Å². The molecule has 0 fully saturated rings. The number of aromatic nitrogens is 1. The van der Waals surface area contributed by atoms with Gasteiger partial charge in [-0.15, -0.1) is 0 Å². The third kappa shape index (κ3) is 1.95. The molecule has 1 aromatic rings. The van der Waals surface area contributed by atoms with Gasteiger partial charge in [-0.05, 0) is 11.5 Å². The fourth-order valence-electron chi connectivity index (χ4n) is 1.01. The van der Waals surface area contributed by atoms with E-state index >= 15 is 0 Å². The predicted octanol–water partition coefficient (Wildman–Crippen LogP) is 1.03. The number of aromatic amines is 1. The number of nitrogens with one attached hydrogen (secondary N) is 1. The van der Waals surface area contributed by atoms with E-state index in [1.807, 2.05) is 0 Å². The quantitative estimate of drug-likeness (QED) is 0.689. The number of nitrogens with two attached hydrogens (primary N) is 1. The summed E-state index contributed by atoms with van der Waals surface area (Å²) in [5.74, 6) is 0.385. The molecule has 1 unspecified atom stereocenters. The van der Waals surface area contributed by atoms with Crippen molar-refractivity contribution in [3.8, 4) is 0 Å². The van der Waals surface area contributed by atoms with E-state index in [0.29, 0.717) is 5.92 Å². The van der Waals surface area contributed by atoms with Gasteiger partial charge < -0.3 is 10.7 Å². The van der Waals surface area contributed by atoms with Gasteiger partial charge in [-0.25, -0.2) is 0 Å². The maximum Gasteiger partial charge on any atom is 0.247 e. The van der Waals surface area contributed by atoms with Crippen molar-refractivity contribution in [2.24, 2.45) is 11.7 Å². The fraction of sp³-hybridized carbons (Fsp3) is 0.444. The van der Waals surface area contributed by atoms with E-state index in [2.05, 4.69) is 18.8 Å². The van der Waals surface area contributed by atoms with Crippen molar-refractivity contribution in [1.82, 2.24) is 4.98 Å². The molecule has 1 heterocycles. The first-order chi connectivity index (χ1) is 5.61. The molecule has 0 aliphatic heterocycles. The minimum Gasteiger partial charge on any atom is -0.329 e. The summed E-state index contributed by atoms with van der Waals surface area (Å²) in [4.78, 5) is 13.3. The van der Waals surface area contributed by atoms with Crippen LogP contribution in [0.2, 0.25) is 0 Å². The van der Waals surface area contributed by atoms with Crippen LogP contribution in [0.4, 0.5) is 0 Å². The Hall–Kier alpha value is -1.09. The average Bonchev–Trinajstić information content (AvgIpc) is 2.04. The first-order valence-electron chi connectivity index (χ1n) is 4.05. The van der Waals surface area contributed by atoms with Gasteiger partial charge in [0.05, 0.1) is 0 Å². The van der Waals surface area contributed by atoms with E-state index < -0.39 is 0 Å². The molecule has 1 atom stereocenters. The molecule has 3 nitrogen and oxygen atoms in total. The highest BCUT2D eigenvalue weighted by Gasteiger charge is 2.09. The Morgan fingerprint density at radius 2 is 2.08 bits per heavy atom. The highest BCUT2D eigenvalue weighted by Crippen LogP contribution is 2.15. The Morgan fingerprint density at radius 1 is 1.42 bits per heavy atom. The van der Waals surface area contributed by atoms with Crippen LogP contribution in [0.3, 0.4) is 0 Å². The van der Waals surface area contributed by atoms with Gasteiger partial charge in [0.2, 0.25) is 5.56 Å². The number of pyridine rings is 1. The second kappa shape index (κ2) is 3.54. The molecule has 0 radical (unpaired) electrons. The molecule has 1 rings (SSSR count). The fourth-order valence-corrected chi connectivity index (χ4v) is 1.01. The predicted molar refractivity (Wildman–Crippen MR) is 48.8 cm³/mol. The number of hydrogen-bond acceptors (Lipinski definition) is 2. The summed E-state index contributed by atoms with van der Waals surface area (Å²) in [7, 11) is 0. The summed E-state index contributed by atoms with van der Waals surface area (Å²) in [6, 6.07) is 3.27. The molecule has 66 valence electrons. The Bertz CT molecular complexity index is 283. The van der Waals surface area contributed by atoms with Crippen LogP contribution in [0.15, 0.2) is 23.1 Å². The lowest BCUT2D eigenvalue weighted by atomic mass is 9.99. The molecule has 0 bridgehead atoms. The first-order valence-corrected chi connectivity index (χ1v) is 4.05. The van der Waals surface area contributed by atoms with Gasteiger partial charge in [-0.2, -0.15) is 0 Å². The molecule has 0 aromatic carbocycles. The number of rotatable bonds is 2. The minimum absolute atomic E-state index is 0.00171. The lowest BCUT2D eigenvalue weighted by Crippen LogP contribution is -2.18. The van der Waals surface area contributed by atoms with E-state index in [1.54, 1.807) is 12.3 Å². The summed E-state index contributed by atoms with van der Waals surface area (Å²) in [5, 5.41) is 0. The lowest BCUT2D eigenvalue weighted by Gasteiger charge is -2.14. The summed E-state index contributed by atoms with van der Waals surface area (Å²) in [6.45, 7) is 4.10. The zero-order valence-electron chi connectivity index (χ0n) is 7.37. The van der Waals surface area contributed by atoms with Gasteiger partial charge in [-0.3, -0.25) is 4.79 Å². The summed E-state index contributed by atoms with van der Waals surface area (Å²) >= 11 is 0. The zero-order valence-corrected chi connectivity index (χ0v) is 7.37. The molecule has 0 spiro atoms. The van der Waals surface area contributed by atoms with Crippen LogP contribution in [0, 0.1) is 5.92 Å².